The fourth-order valence-electron chi connectivity index (χ4n) is 3.26. The van der Waals surface area contributed by atoms with Gasteiger partial charge in [-0.15, -0.1) is 0 Å². The van der Waals surface area contributed by atoms with Crippen molar-refractivity contribution in [3.63, 3.8) is 0 Å². The fourth-order valence-corrected chi connectivity index (χ4v) is 4.90. The van der Waals surface area contributed by atoms with Crippen LogP contribution < -0.4 is 9.62 Å². The van der Waals surface area contributed by atoms with E-state index in [9.17, 15) is 17.6 Å². The molecule has 32 heavy (non-hydrogen) atoms. The van der Waals surface area contributed by atoms with Crippen LogP contribution in [0.15, 0.2) is 71.6 Å². The number of rotatable bonds is 7. The molecule has 0 bridgehead atoms. The highest BCUT2D eigenvalue weighted by atomic mass is 35.5. The third-order valence-corrected chi connectivity index (χ3v) is 7.33. The number of carbonyl (C=O) groups excluding carboxylic acids is 1. The molecule has 1 amide bonds. The van der Waals surface area contributed by atoms with Gasteiger partial charge in [-0.3, -0.25) is 9.10 Å². The summed E-state index contributed by atoms with van der Waals surface area (Å²) in [5.41, 5.74) is 2.49. The van der Waals surface area contributed by atoms with Crippen LogP contribution in [0.3, 0.4) is 0 Å². The van der Waals surface area contributed by atoms with Crippen LogP contribution in [0.5, 0.6) is 0 Å². The Labute approximate surface area is 192 Å². The highest BCUT2D eigenvalue weighted by molar-refractivity contribution is 7.92. The Bertz CT molecular complexity index is 1210. The zero-order valence-electron chi connectivity index (χ0n) is 18.0. The van der Waals surface area contributed by atoms with E-state index in [4.69, 9.17) is 11.6 Å². The maximum atomic E-state index is 13.5. The van der Waals surface area contributed by atoms with Gasteiger partial charge in [-0.05, 0) is 68.3 Å². The summed E-state index contributed by atoms with van der Waals surface area (Å²) in [6.45, 7) is 4.87. The lowest BCUT2D eigenvalue weighted by Gasteiger charge is -2.27. The highest BCUT2D eigenvalue weighted by Gasteiger charge is 2.29. The quantitative estimate of drug-likeness (QED) is 0.513. The molecule has 0 aliphatic rings. The zero-order chi connectivity index (χ0) is 23.5. The molecule has 3 aromatic carbocycles. The van der Waals surface area contributed by atoms with E-state index in [1.54, 1.807) is 56.3 Å². The average Bonchev–Trinajstić information content (AvgIpc) is 2.75. The number of benzene rings is 3. The summed E-state index contributed by atoms with van der Waals surface area (Å²) in [4.78, 5) is 13.0. The highest BCUT2D eigenvalue weighted by Crippen LogP contribution is 2.31. The SMILES string of the molecule is Cc1ccc(S(=O)(=O)N(CC(=O)N[C@@H](C)c2ccc(F)cc2)c2cccc(Cl)c2C)cc1. The molecule has 0 fully saturated rings. The van der Waals surface area contributed by atoms with Crippen molar-refractivity contribution in [2.24, 2.45) is 0 Å². The van der Waals surface area contributed by atoms with E-state index in [0.29, 0.717) is 21.8 Å². The van der Waals surface area contributed by atoms with Gasteiger partial charge >= 0.3 is 0 Å². The first-order valence-electron chi connectivity index (χ1n) is 9.99. The fraction of sp³-hybridized carbons (Fsp3) is 0.208. The van der Waals surface area contributed by atoms with Crippen LogP contribution in [0.1, 0.15) is 29.7 Å². The van der Waals surface area contributed by atoms with Crippen molar-refractivity contribution in [1.29, 1.82) is 0 Å². The standard InChI is InChI=1S/C24H24ClFN2O3S/c1-16-7-13-21(14-8-16)32(30,31)28(23-6-4-5-22(25)17(23)2)15-24(29)27-18(3)19-9-11-20(26)12-10-19/h4-14,18H,15H2,1-3H3,(H,27,29)/t18-/m0/s1. The van der Waals surface area contributed by atoms with Crippen LogP contribution in [0.4, 0.5) is 10.1 Å². The molecule has 0 radical (unpaired) electrons. The van der Waals surface area contributed by atoms with Crippen LogP contribution in [-0.2, 0) is 14.8 Å². The number of anilines is 1. The van der Waals surface area contributed by atoms with Crippen molar-refractivity contribution in [2.75, 3.05) is 10.8 Å². The molecule has 0 heterocycles. The third-order valence-electron chi connectivity index (χ3n) is 5.15. The van der Waals surface area contributed by atoms with Crippen LogP contribution in [0.2, 0.25) is 5.02 Å². The molecule has 0 aromatic heterocycles. The lowest BCUT2D eigenvalue weighted by atomic mass is 10.1. The second-order valence-corrected chi connectivity index (χ2v) is 9.82. The molecular weight excluding hydrogens is 451 g/mol. The van der Waals surface area contributed by atoms with Crippen LogP contribution >= 0.6 is 11.6 Å². The first-order valence-corrected chi connectivity index (χ1v) is 11.8. The third kappa shape index (κ3) is 5.29. The topological polar surface area (TPSA) is 66.5 Å². The molecule has 0 saturated carbocycles. The van der Waals surface area contributed by atoms with Crippen molar-refractivity contribution < 1.29 is 17.6 Å². The van der Waals surface area contributed by atoms with Crippen molar-refractivity contribution in [1.82, 2.24) is 5.32 Å². The molecular formula is C24H24ClFN2O3S. The number of nitrogens with one attached hydrogen (secondary N) is 1. The van der Waals surface area contributed by atoms with Gasteiger partial charge in [0.2, 0.25) is 5.91 Å². The molecule has 0 unspecified atom stereocenters. The monoisotopic (exact) mass is 474 g/mol. The van der Waals surface area contributed by atoms with E-state index < -0.39 is 28.5 Å². The van der Waals surface area contributed by atoms with Crippen molar-refractivity contribution in [3.05, 3.63) is 94.3 Å². The Morgan fingerprint density at radius 2 is 1.66 bits per heavy atom. The second kappa shape index (κ2) is 9.71. The van der Waals surface area contributed by atoms with Crippen LogP contribution in [0, 0.1) is 19.7 Å². The van der Waals surface area contributed by atoms with E-state index in [1.807, 2.05) is 6.92 Å². The van der Waals surface area contributed by atoms with Gasteiger partial charge in [-0.25, -0.2) is 12.8 Å². The largest absolute Gasteiger partial charge is 0.348 e. The summed E-state index contributed by atoms with van der Waals surface area (Å²) < 4.78 is 41.2. The molecule has 3 rings (SSSR count). The number of aryl methyl sites for hydroxylation is 1. The summed E-state index contributed by atoms with van der Waals surface area (Å²) in [6, 6.07) is 16.7. The number of sulfonamides is 1. The lowest BCUT2D eigenvalue weighted by molar-refractivity contribution is -0.120. The normalized spacial score (nSPS) is 12.3. The molecule has 1 atom stereocenters. The molecule has 0 aliphatic carbocycles. The summed E-state index contributed by atoms with van der Waals surface area (Å²) in [6.07, 6.45) is 0. The molecule has 0 spiro atoms. The molecule has 168 valence electrons. The molecule has 8 heteroatoms. The Morgan fingerprint density at radius 1 is 1.03 bits per heavy atom. The minimum atomic E-state index is -4.05. The second-order valence-electron chi connectivity index (χ2n) is 7.55. The molecule has 5 nitrogen and oxygen atoms in total. The van der Waals surface area contributed by atoms with Gasteiger partial charge in [-0.2, -0.15) is 0 Å². The number of nitrogens with zero attached hydrogens (tertiary/aromatic N) is 1. The summed E-state index contributed by atoms with van der Waals surface area (Å²) >= 11 is 6.24. The van der Waals surface area contributed by atoms with Crippen LogP contribution in [-0.4, -0.2) is 20.9 Å². The zero-order valence-corrected chi connectivity index (χ0v) is 19.5. The Hall–Kier alpha value is -2.90. The minimum absolute atomic E-state index is 0.0712. The van der Waals surface area contributed by atoms with Gasteiger partial charge in [0.25, 0.3) is 10.0 Å². The number of hydrogen-bond acceptors (Lipinski definition) is 3. The average molecular weight is 475 g/mol. The van der Waals surface area contributed by atoms with E-state index in [0.717, 1.165) is 9.87 Å². The van der Waals surface area contributed by atoms with Gasteiger partial charge in [0.1, 0.15) is 12.4 Å². The van der Waals surface area contributed by atoms with Crippen molar-refractivity contribution >= 4 is 33.2 Å². The van der Waals surface area contributed by atoms with Gasteiger partial charge < -0.3 is 5.32 Å². The van der Waals surface area contributed by atoms with Gasteiger partial charge in [0.05, 0.1) is 16.6 Å². The van der Waals surface area contributed by atoms with Crippen LogP contribution in [0.25, 0.3) is 0 Å². The summed E-state index contributed by atoms with van der Waals surface area (Å²) in [7, 11) is -4.05. The van der Waals surface area contributed by atoms with Gasteiger partial charge in [0.15, 0.2) is 0 Å². The smallest absolute Gasteiger partial charge is 0.264 e. The molecule has 1 N–H and O–H groups in total. The van der Waals surface area contributed by atoms with E-state index >= 15 is 0 Å². The number of halogens is 2. The first kappa shape index (κ1) is 23.8. The Morgan fingerprint density at radius 3 is 2.28 bits per heavy atom. The van der Waals surface area contributed by atoms with Gasteiger partial charge in [-0.1, -0.05) is 47.5 Å². The molecule has 3 aromatic rings. The minimum Gasteiger partial charge on any atom is -0.348 e. The Kier molecular flexibility index (Phi) is 7.21. The van der Waals surface area contributed by atoms with Gasteiger partial charge in [0, 0.05) is 5.02 Å². The first-order chi connectivity index (χ1) is 15.1. The van der Waals surface area contributed by atoms with E-state index in [2.05, 4.69) is 5.32 Å². The maximum absolute atomic E-state index is 13.5. The predicted octanol–water partition coefficient (Wildman–Crippen LogP) is 5.17. The predicted molar refractivity (Wildman–Crippen MR) is 125 cm³/mol. The summed E-state index contributed by atoms with van der Waals surface area (Å²) in [5, 5.41) is 3.18. The summed E-state index contributed by atoms with van der Waals surface area (Å²) in [5.74, 6) is -0.879. The van der Waals surface area contributed by atoms with Crippen molar-refractivity contribution in [2.45, 2.75) is 31.7 Å². The van der Waals surface area contributed by atoms with E-state index in [-0.39, 0.29) is 10.7 Å². The van der Waals surface area contributed by atoms with Crippen molar-refractivity contribution in [3.8, 4) is 0 Å². The Balaban J connectivity index is 1.94. The maximum Gasteiger partial charge on any atom is 0.264 e. The molecule has 0 saturated heterocycles. The van der Waals surface area contributed by atoms with E-state index in [1.165, 1.54) is 24.3 Å². The molecule has 0 aliphatic heterocycles. The number of carbonyl (C=O) groups is 1. The number of hydrogen-bond donors (Lipinski definition) is 1. The lowest BCUT2D eigenvalue weighted by Crippen LogP contribution is -2.42. The number of amides is 1.